The van der Waals surface area contributed by atoms with E-state index >= 15 is 0 Å². The SMILES string of the molecule is Oc1c(F)c(F)c(F)c(F)c1F.[LiH]. The van der Waals surface area contributed by atoms with Crippen molar-refractivity contribution in [2.45, 2.75) is 0 Å². The van der Waals surface area contributed by atoms with Crippen LogP contribution in [0.3, 0.4) is 0 Å². The van der Waals surface area contributed by atoms with E-state index in [0.717, 1.165) is 0 Å². The van der Waals surface area contributed by atoms with Crippen molar-refractivity contribution in [2.75, 3.05) is 0 Å². The molecule has 0 saturated heterocycles. The molecule has 0 aliphatic rings. The van der Waals surface area contributed by atoms with Crippen molar-refractivity contribution in [3.05, 3.63) is 29.1 Å². The molecule has 0 radical (unpaired) electrons. The molecule has 0 aliphatic heterocycles. The number of rotatable bonds is 0. The van der Waals surface area contributed by atoms with Crippen LogP contribution in [0.5, 0.6) is 5.75 Å². The van der Waals surface area contributed by atoms with Gasteiger partial charge >= 0.3 is 18.9 Å². The predicted octanol–water partition coefficient (Wildman–Crippen LogP) is 1.44. The van der Waals surface area contributed by atoms with Crippen LogP contribution in [0.2, 0.25) is 0 Å². The standard InChI is InChI=1S/C6HF5O.Li.H/c7-1-2(8)4(10)6(12)5(11)3(1)9;;/h12H;;. The van der Waals surface area contributed by atoms with Gasteiger partial charge < -0.3 is 5.11 Å². The van der Waals surface area contributed by atoms with Gasteiger partial charge in [0.2, 0.25) is 29.1 Å². The first-order valence-corrected chi connectivity index (χ1v) is 2.67. The van der Waals surface area contributed by atoms with Gasteiger partial charge in [0.05, 0.1) is 0 Å². The molecule has 0 fully saturated rings. The first-order valence-electron chi connectivity index (χ1n) is 2.67. The monoisotopic (exact) mass is 192 g/mol. The summed E-state index contributed by atoms with van der Waals surface area (Å²) in [6.07, 6.45) is 0. The van der Waals surface area contributed by atoms with E-state index in [9.17, 15) is 22.0 Å². The maximum absolute atomic E-state index is 12.2. The number of benzene rings is 1. The van der Waals surface area contributed by atoms with Gasteiger partial charge in [-0.15, -0.1) is 0 Å². The number of aromatic hydroxyl groups is 1. The van der Waals surface area contributed by atoms with E-state index < -0.39 is 34.8 Å². The molecule has 1 aromatic rings. The number of phenolic OH excluding ortho intramolecular Hbond substituents is 1. The van der Waals surface area contributed by atoms with Gasteiger partial charge in [-0.3, -0.25) is 0 Å². The van der Waals surface area contributed by atoms with Crippen LogP contribution in [0.25, 0.3) is 0 Å². The van der Waals surface area contributed by atoms with Gasteiger partial charge in [0.1, 0.15) is 0 Å². The summed E-state index contributed by atoms with van der Waals surface area (Å²) in [5.74, 6) is -12.9. The summed E-state index contributed by atoms with van der Waals surface area (Å²) >= 11 is 0. The molecule has 0 amide bonds. The third kappa shape index (κ3) is 1.79. The fourth-order valence-electron chi connectivity index (χ4n) is 0.593. The van der Waals surface area contributed by atoms with Gasteiger partial charge in [0.15, 0.2) is 5.75 Å². The summed E-state index contributed by atoms with van der Waals surface area (Å²) in [5, 5.41) is 8.30. The summed E-state index contributed by atoms with van der Waals surface area (Å²) in [6, 6.07) is 0. The van der Waals surface area contributed by atoms with E-state index in [1.807, 2.05) is 0 Å². The molecule has 1 nitrogen and oxygen atoms in total. The fourth-order valence-corrected chi connectivity index (χ4v) is 0.593. The summed E-state index contributed by atoms with van der Waals surface area (Å²) in [4.78, 5) is 0. The topological polar surface area (TPSA) is 20.2 Å². The zero-order chi connectivity index (χ0) is 9.46. The molecule has 1 rings (SSSR count). The molecule has 7 heteroatoms. The van der Waals surface area contributed by atoms with Crippen molar-refractivity contribution in [2.24, 2.45) is 0 Å². The van der Waals surface area contributed by atoms with Gasteiger partial charge in [-0.05, 0) is 0 Å². The van der Waals surface area contributed by atoms with Gasteiger partial charge in [-0.2, -0.15) is 8.78 Å². The van der Waals surface area contributed by atoms with Crippen molar-refractivity contribution >= 4 is 18.9 Å². The van der Waals surface area contributed by atoms with Crippen molar-refractivity contribution in [1.29, 1.82) is 0 Å². The third-order valence-corrected chi connectivity index (χ3v) is 1.19. The van der Waals surface area contributed by atoms with Crippen molar-refractivity contribution in [3.8, 4) is 5.75 Å². The Morgan fingerprint density at radius 1 is 0.615 bits per heavy atom. The molecule has 1 N–H and O–H groups in total. The van der Waals surface area contributed by atoms with Crippen LogP contribution in [-0.4, -0.2) is 24.0 Å². The number of phenols is 1. The Kier molecular flexibility index (Phi) is 3.76. The molecule has 13 heavy (non-hydrogen) atoms. The fraction of sp³-hybridized carbons (Fsp3) is 0. The quantitative estimate of drug-likeness (QED) is 0.285. The molecule has 0 saturated carbocycles. The van der Waals surface area contributed by atoms with Gasteiger partial charge in [0, 0.05) is 0 Å². The van der Waals surface area contributed by atoms with Crippen LogP contribution in [0.15, 0.2) is 0 Å². The second-order valence-corrected chi connectivity index (χ2v) is 1.92. The molecular weight excluding hydrogens is 190 g/mol. The van der Waals surface area contributed by atoms with Gasteiger partial charge in [0.25, 0.3) is 0 Å². The minimum atomic E-state index is -2.29. The maximum atomic E-state index is 12.2. The summed E-state index contributed by atoms with van der Waals surface area (Å²) in [6.45, 7) is 0. The van der Waals surface area contributed by atoms with E-state index in [1.54, 1.807) is 0 Å². The summed E-state index contributed by atoms with van der Waals surface area (Å²) in [5.41, 5.74) is 0. The van der Waals surface area contributed by atoms with Crippen LogP contribution in [0, 0.1) is 29.1 Å². The van der Waals surface area contributed by atoms with Crippen molar-refractivity contribution < 1.29 is 27.1 Å². The zero-order valence-corrected chi connectivity index (χ0v) is 5.34. The molecule has 0 heterocycles. The molecule has 68 valence electrons. The molecule has 0 unspecified atom stereocenters. The molecule has 0 bridgehead atoms. The minimum absolute atomic E-state index is 0. The Labute approximate surface area is 81.4 Å². The summed E-state index contributed by atoms with van der Waals surface area (Å²) in [7, 11) is 0. The van der Waals surface area contributed by atoms with E-state index in [4.69, 9.17) is 5.11 Å². The van der Waals surface area contributed by atoms with E-state index in [2.05, 4.69) is 0 Å². The number of hydrogen-bond donors (Lipinski definition) is 1. The van der Waals surface area contributed by atoms with Crippen LogP contribution >= 0.6 is 0 Å². The first-order chi connectivity index (χ1) is 5.46. The molecule has 0 aliphatic carbocycles. The Morgan fingerprint density at radius 3 is 1.15 bits per heavy atom. The third-order valence-electron chi connectivity index (χ3n) is 1.19. The van der Waals surface area contributed by atoms with Gasteiger partial charge in [-0.25, -0.2) is 13.2 Å². The Hall–Kier alpha value is -0.733. The second kappa shape index (κ2) is 3.98. The van der Waals surface area contributed by atoms with Crippen molar-refractivity contribution in [1.82, 2.24) is 0 Å². The average molecular weight is 192 g/mol. The molecule has 0 aromatic heterocycles. The normalized spacial score (nSPS) is 9.62. The average Bonchev–Trinajstić information content (AvgIpc) is 2.08. The molecular formula is C6H2F5LiO. The van der Waals surface area contributed by atoms with Crippen LogP contribution in [-0.2, 0) is 0 Å². The summed E-state index contributed by atoms with van der Waals surface area (Å²) < 4.78 is 60.6. The predicted molar refractivity (Wildman–Crippen MR) is 35.0 cm³/mol. The molecule has 1 aromatic carbocycles. The Morgan fingerprint density at radius 2 is 0.846 bits per heavy atom. The van der Waals surface area contributed by atoms with Crippen LogP contribution in [0.4, 0.5) is 22.0 Å². The van der Waals surface area contributed by atoms with Crippen molar-refractivity contribution in [3.63, 3.8) is 0 Å². The van der Waals surface area contributed by atoms with Crippen LogP contribution < -0.4 is 0 Å². The van der Waals surface area contributed by atoms with E-state index in [1.165, 1.54) is 0 Å². The Balaban J connectivity index is 0.00000144. The first kappa shape index (κ1) is 12.3. The number of hydrogen-bond acceptors (Lipinski definition) is 1. The van der Waals surface area contributed by atoms with E-state index in [-0.39, 0.29) is 18.9 Å². The second-order valence-electron chi connectivity index (χ2n) is 1.92. The molecule has 0 spiro atoms. The van der Waals surface area contributed by atoms with E-state index in [0.29, 0.717) is 0 Å². The number of halogens is 5. The zero-order valence-electron chi connectivity index (χ0n) is 5.34. The molecule has 0 atom stereocenters. The van der Waals surface area contributed by atoms with Crippen LogP contribution in [0.1, 0.15) is 0 Å². The van der Waals surface area contributed by atoms with Gasteiger partial charge in [-0.1, -0.05) is 0 Å². The Bertz CT molecular complexity index is 235.